The van der Waals surface area contributed by atoms with E-state index in [9.17, 15) is 0 Å². The van der Waals surface area contributed by atoms with Gasteiger partial charge in [-0.15, -0.1) is 24.0 Å². The lowest BCUT2D eigenvalue weighted by molar-refractivity contribution is 0.409. The highest BCUT2D eigenvalue weighted by atomic mass is 127. The second-order valence-corrected chi connectivity index (χ2v) is 5.29. The molecule has 5 nitrogen and oxygen atoms in total. The van der Waals surface area contributed by atoms with Crippen molar-refractivity contribution in [3.8, 4) is 0 Å². The van der Waals surface area contributed by atoms with Gasteiger partial charge in [-0.1, -0.05) is 33.2 Å². The molecule has 2 aromatic rings. The van der Waals surface area contributed by atoms with E-state index in [2.05, 4.69) is 48.4 Å². The van der Waals surface area contributed by atoms with Crippen molar-refractivity contribution in [2.75, 3.05) is 14.1 Å². The molecule has 1 N–H and O–H groups in total. The van der Waals surface area contributed by atoms with Gasteiger partial charge in [0.1, 0.15) is 12.0 Å². The quantitative estimate of drug-likeness (QED) is 0.428. The third-order valence-electron chi connectivity index (χ3n) is 2.83. The van der Waals surface area contributed by atoms with E-state index in [1.165, 1.54) is 5.56 Å². The zero-order valence-electron chi connectivity index (χ0n) is 11.9. The molecule has 0 unspecified atom stereocenters. The minimum absolute atomic E-state index is 0. The van der Waals surface area contributed by atoms with Gasteiger partial charge in [0.15, 0.2) is 5.96 Å². The second kappa shape index (κ2) is 9.04. The van der Waals surface area contributed by atoms with E-state index >= 15 is 0 Å². The van der Waals surface area contributed by atoms with Crippen molar-refractivity contribution in [1.82, 2.24) is 15.4 Å². The molecule has 0 aliphatic heterocycles. The molecule has 21 heavy (non-hydrogen) atoms. The fraction of sp³-hybridized carbons (Fsp3) is 0.286. The molecule has 1 aromatic carbocycles. The van der Waals surface area contributed by atoms with Crippen LogP contribution in [-0.2, 0) is 13.1 Å². The molecule has 2 rings (SSSR count). The molecule has 0 bridgehead atoms. The van der Waals surface area contributed by atoms with Crippen LogP contribution in [0.25, 0.3) is 0 Å². The zero-order valence-corrected chi connectivity index (χ0v) is 15.8. The summed E-state index contributed by atoms with van der Waals surface area (Å²) in [7, 11) is 3.77. The number of guanidine groups is 1. The number of halogens is 2. The summed E-state index contributed by atoms with van der Waals surface area (Å²) in [4.78, 5) is 6.32. The highest BCUT2D eigenvalue weighted by Crippen LogP contribution is 2.11. The molecule has 0 atom stereocenters. The van der Waals surface area contributed by atoms with Crippen LogP contribution >= 0.6 is 39.9 Å². The first-order valence-electron chi connectivity index (χ1n) is 6.24. The third kappa shape index (κ3) is 5.66. The molecule has 0 saturated carbocycles. The number of hydrogen-bond donors (Lipinski definition) is 1. The van der Waals surface area contributed by atoms with E-state index in [1.807, 2.05) is 25.2 Å². The summed E-state index contributed by atoms with van der Waals surface area (Å²) in [5.41, 5.74) is 2.07. The summed E-state index contributed by atoms with van der Waals surface area (Å²) < 4.78 is 5.88. The van der Waals surface area contributed by atoms with Crippen LogP contribution in [0.2, 0.25) is 0 Å². The van der Waals surface area contributed by atoms with Crippen LogP contribution in [0.5, 0.6) is 0 Å². The maximum absolute atomic E-state index is 4.80. The number of rotatable bonds is 4. The van der Waals surface area contributed by atoms with Gasteiger partial charge in [-0.3, -0.25) is 4.99 Å². The Morgan fingerprint density at radius 3 is 2.62 bits per heavy atom. The lowest BCUT2D eigenvalue weighted by atomic mass is 10.2. The predicted octanol–water partition coefficient (Wildman–Crippen LogP) is 3.26. The Labute approximate surface area is 149 Å². The van der Waals surface area contributed by atoms with Crippen LogP contribution < -0.4 is 5.32 Å². The van der Waals surface area contributed by atoms with Crippen molar-refractivity contribution in [3.05, 3.63) is 52.3 Å². The van der Waals surface area contributed by atoms with Crippen LogP contribution in [0.4, 0.5) is 0 Å². The summed E-state index contributed by atoms with van der Waals surface area (Å²) in [6, 6.07) is 10.1. The molecule has 114 valence electrons. The Balaban J connectivity index is 0.00000220. The summed E-state index contributed by atoms with van der Waals surface area (Å²) >= 11 is 3.44. The van der Waals surface area contributed by atoms with E-state index in [1.54, 1.807) is 13.3 Å². The van der Waals surface area contributed by atoms with Gasteiger partial charge in [0.25, 0.3) is 0 Å². The van der Waals surface area contributed by atoms with Crippen LogP contribution in [0.1, 0.15) is 11.3 Å². The molecule has 7 heteroatoms. The van der Waals surface area contributed by atoms with Gasteiger partial charge in [-0.2, -0.15) is 0 Å². The lowest BCUT2D eigenvalue weighted by Gasteiger charge is -2.21. The first-order chi connectivity index (χ1) is 9.69. The molecule has 0 spiro atoms. The van der Waals surface area contributed by atoms with E-state index in [4.69, 9.17) is 4.52 Å². The van der Waals surface area contributed by atoms with Crippen molar-refractivity contribution < 1.29 is 4.52 Å². The maximum atomic E-state index is 4.80. The Kier molecular flexibility index (Phi) is 7.73. The number of benzene rings is 1. The highest BCUT2D eigenvalue weighted by Gasteiger charge is 2.07. The minimum Gasteiger partial charge on any atom is -0.364 e. The molecule has 0 aliphatic carbocycles. The van der Waals surface area contributed by atoms with Gasteiger partial charge in [0.05, 0.1) is 6.54 Å². The minimum atomic E-state index is 0. The first kappa shape index (κ1) is 18.0. The number of aliphatic imine (C=N–C) groups is 1. The van der Waals surface area contributed by atoms with Crippen molar-refractivity contribution in [2.45, 2.75) is 13.1 Å². The van der Waals surface area contributed by atoms with Gasteiger partial charge in [-0.05, 0) is 17.7 Å². The number of nitrogens with one attached hydrogen (secondary N) is 1. The normalized spacial score (nSPS) is 10.9. The smallest absolute Gasteiger partial charge is 0.194 e. The van der Waals surface area contributed by atoms with E-state index in [0.717, 1.165) is 22.7 Å². The average Bonchev–Trinajstić information content (AvgIpc) is 2.95. The Morgan fingerprint density at radius 2 is 2.05 bits per heavy atom. The molecule has 1 aromatic heterocycles. The Morgan fingerprint density at radius 1 is 1.33 bits per heavy atom. The lowest BCUT2D eigenvalue weighted by Crippen LogP contribution is -2.38. The number of aromatic nitrogens is 1. The standard InChI is InChI=1S/C14H17BrN4O.HI/c1-16-14(17-9-13-7-8-20-18-13)19(2)10-11-3-5-12(15)6-4-11;/h3-8H,9-10H2,1-2H3,(H,16,17);1H. The molecular formula is C14H18BrIN4O. The molecule has 0 aliphatic rings. The SMILES string of the molecule is CN=C(NCc1ccon1)N(C)Cc1ccc(Br)cc1.I. The maximum Gasteiger partial charge on any atom is 0.194 e. The van der Waals surface area contributed by atoms with Crippen LogP contribution in [0.3, 0.4) is 0 Å². The largest absolute Gasteiger partial charge is 0.364 e. The van der Waals surface area contributed by atoms with Crippen molar-refractivity contribution >= 4 is 45.9 Å². The predicted molar refractivity (Wildman–Crippen MR) is 97.7 cm³/mol. The Hall–Kier alpha value is -1.09. The Bertz CT molecular complexity index is 557. The van der Waals surface area contributed by atoms with Gasteiger partial charge >= 0.3 is 0 Å². The number of hydrogen-bond acceptors (Lipinski definition) is 3. The van der Waals surface area contributed by atoms with Crippen molar-refractivity contribution in [1.29, 1.82) is 0 Å². The van der Waals surface area contributed by atoms with E-state index < -0.39 is 0 Å². The second-order valence-electron chi connectivity index (χ2n) is 4.37. The molecule has 0 radical (unpaired) electrons. The van der Waals surface area contributed by atoms with E-state index in [0.29, 0.717) is 6.54 Å². The molecule has 1 heterocycles. The van der Waals surface area contributed by atoms with Crippen LogP contribution in [-0.4, -0.2) is 30.1 Å². The van der Waals surface area contributed by atoms with Crippen molar-refractivity contribution in [2.24, 2.45) is 4.99 Å². The average molecular weight is 465 g/mol. The molecule has 0 fully saturated rings. The fourth-order valence-corrected chi connectivity index (χ4v) is 2.09. The third-order valence-corrected chi connectivity index (χ3v) is 3.35. The van der Waals surface area contributed by atoms with Gasteiger partial charge < -0.3 is 14.7 Å². The highest BCUT2D eigenvalue weighted by molar-refractivity contribution is 14.0. The summed E-state index contributed by atoms with van der Waals surface area (Å²) in [5.74, 6) is 0.816. The zero-order chi connectivity index (χ0) is 14.4. The van der Waals surface area contributed by atoms with Gasteiger partial charge in [0, 0.05) is 31.2 Å². The molecular weight excluding hydrogens is 447 g/mol. The monoisotopic (exact) mass is 464 g/mol. The van der Waals surface area contributed by atoms with Crippen molar-refractivity contribution in [3.63, 3.8) is 0 Å². The van der Waals surface area contributed by atoms with Gasteiger partial charge in [-0.25, -0.2) is 0 Å². The topological polar surface area (TPSA) is 53.7 Å². The number of nitrogens with zero attached hydrogens (tertiary/aromatic N) is 3. The van der Waals surface area contributed by atoms with Crippen LogP contribution in [0.15, 0.2) is 50.6 Å². The first-order valence-corrected chi connectivity index (χ1v) is 7.04. The van der Waals surface area contributed by atoms with Crippen LogP contribution in [0, 0.1) is 0 Å². The summed E-state index contributed by atoms with van der Waals surface area (Å²) in [5, 5.41) is 7.11. The fourth-order valence-electron chi connectivity index (χ4n) is 1.82. The summed E-state index contributed by atoms with van der Waals surface area (Å²) in [6.45, 7) is 1.37. The van der Waals surface area contributed by atoms with Gasteiger partial charge in [0.2, 0.25) is 0 Å². The van der Waals surface area contributed by atoms with E-state index in [-0.39, 0.29) is 24.0 Å². The molecule has 0 amide bonds. The summed E-state index contributed by atoms with van der Waals surface area (Å²) in [6.07, 6.45) is 1.56. The molecule has 0 saturated heterocycles.